The maximum absolute atomic E-state index is 13.4. The van der Waals surface area contributed by atoms with E-state index in [1.54, 1.807) is 20.4 Å². The monoisotopic (exact) mass is 517 g/mol. The number of anilines is 1. The molecule has 0 aromatic heterocycles. The van der Waals surface area contributed by atoms with E-state index >= 15 is 0 Å². The molecule has 3 rings (SSSR count). The van der Waals surface area contributed by atoms with Gasteiger partial charge in [0.05, 0.1) is 19.3 Å². The van der Waals surface area contributed by atoms with Crippen molar-refractivity contribution in [3.8, 4) is 11.5 Å². The topological polar surface area (TPSA) is 92.4 Å². The van der Waals surface area contributed by atoms with E-state index in [1.165, 1.54) is 6.20 Å². The Balaban J connectivity index is 1.93. The van der Waals surface area contributed by atoms with E-state index < -0.39 is 0 Å². The number of carbonyl (C=O) groups excluding carboxylic acids is 1. The highest BCUT2D eigenvalue weighted by atomic mass is 16.5. The van der Waals surface area contributed by atoms with Gasteiger partial charge in [0, 0.05) is 73.2 Å². The lowest BCUT2D eigenvalue weighted by Crippen LogP contribution is -2.28. The summed E-state index contributed by atoms with van der Waals surface area (Å²) in [5.74, 6) is 0.970. The number of methoxy groups -OCH3 is 1. The van der Waals surface area contributed by atoms with Gasteiger partial charge in [-0.05, 0) is 70.0 Å². The van der Waals surface area contributed by atoms with Crippen LogP contribution in [0.5, 0.6) is 11.5 Å². The van der Waals surface area contributed by atoms with E-state index in [4.69, 9.17) is 15.2 Å². The Hall–Kier alpha value is -4.20. The van der Waals surface area contributed by atoms with Gasteiger partial charge in [-0.2, -0.15) is 0 Å². The normalized spacial score (nSPS) is 14.4. The molecule has 0 spiro atoms. The van der Waals surface area contributed by atoms with Crippen LogP contribution in [0.4, 0.5) is 5.69 Å². The number of amides is 1. The number of carbonyl (C=O) groups is 1. The van der Waals surface area contributed by atoms with Gasteiger partial charge in [0.25, 0.3) is 5.91 Å². The number of ether oxygens (including phenoxy) is 2. The zero-order valence-corrected chi connectivity index (χ0v) is 23.4. The molecule has 0 fully saturated rings. The van der Waals surface area contributed by atoms with E-state index in [-0.39, 0.29) is 18.1 Å². The van der Waals surface area contributed by atoms with Gasteiger partial charge >= 0.3 is 0 Å². The largest absolute Gasteiger partial charge is 0.493 e. The molecule has 8 heteroatoms. The Morgan fingerprint density at radius 3 is 2.39 bits per heavy atom. The highest BCUT2D eigenvalue weighted by molar-refractivity contribution is 6.11. The van der Waals surface area contributed by atoms with Crippen LogP contribution in [0, 0.1) is 6.92 Å². The number of hydrogen-bond donors (Lipinski definition) is 2. The lowest BCUT2D eigenvalue weighted by atomic mass is 9.98. The van der Waals surface area contributed by atoms with Gasteiger partial charge in [-0.1, -0.05) is 6.07 Å². The molecule has 8 nitrogen and oxygen atoms in total. The number of hydrogen-bond acceptors (Lipinski definition) is 7. The molecule has 2 aromatic carbocycles. The smallest absolute Gasteiger partial charge is 0.252 e. The van der Waals surface area contributed by atoms with Crippen LogP contribution in [0.25, 0.3) is 5.57 Å². The minimum atomic E-state index is -0.322. The molecule has 0 unspecified atom stereocenters. The fourth-order valence-electron chi connectivity index (χ4n) is 4.11. The van der Waals surface area contributed by atoms with Crippen LogP contribution in [-0.4, -0.2) is 43.8 Å². The first-order valence-corrected chi connectivity index (χ1v) is 12.8. The first kappa shape index (κ1) is 28.4. The van der Waals surface area contributed by atoms with Crippen molar-refractivity contribution in [1.29, 1.82) is 0 Å². The Morgan fingerprint density at radius 1 is 1.11 bits per heavy atom. The third kappa shape index (κ3) is 6.56. The molecule has 1 atom stereocenters. The van der Waals surface area contributed by atoms with Gasteiger partial charge < -0.3 is 30.3 Å². The summed E-state index contributed by atoms with van der Waals surface area (Å²) >= 11 is 0. The van der Waals surface area contributed by atoms with Gasteiger partial charge in [0.1, 0.15) is 0 Å². The van der Waals surface area contributed by atoms with Crippen LogP contribution < -0.4 is 25.4 Å². The summed E-state index contributed by atoms with van der Waals surface area (Å²) in [6.45, 7) is 10.8. The van der Waals surface area contributed by atoms with Crippen molar-refractivity contribution in [3.05, 3.63) is 83.6 Å². The van der Waals surface area contributed by atoms with Crippen molar-refractivity contribution in [2.24, 2.45) is 10.7 Å². The number of rotatable bonds is 10. The van der Waals surface area contributed by atoms with Gasteiger partial charge in [-0.25, -0.2) is 0 Å². The number of nitrogens with one attached hydrogen (secondary N) is 1. The van der Waals surface area contributed by atoms with Crippen LogP contribution in [0.1, 0.15) is 60.8 Å². The maximum atomic E-state index is 13.4. The van der Waals surface area contributed by atoms with Crippen LogP contribution in [0.2, 0.25) is 0 Å². The summed E-state index contributed by atoms with van der Waals surface area (Å²) in [4.78, 5) is 21.6. The minimum Gasteiger partial charge on any atom is -0.493 e. The van der Waals surface area contributed by atoms with Crippen molar-refractivity contribution in [3.63, 3.8) is 0 Å². The first-order valence-electron chi connectivity index (χ1n) is 12.8. The lowest BCUT2D eigenvalue weighted by molar-refractivity contribution is 0.0939. The highest BCUT2D eigenvalue weighted by Gasteiger charge is 2.21. The van der Waals surface area contributed by atoms with Gasteiger partial charge in [0.2, 0.25) is 0 Å². The molecule has 0 radical (unpaired) electrons. The van der Waals surface area contributed by atoms with Gasteiger partial charge in [-0.15, -0.1) is 0 Å². The molecule has 202 valence electrons. The second kappa shape index (κ2) is 12.9. The number of nitrogens with zero attached hydrogens (tertiary/aromatic N) is 3. The molecule has 1 heterocycles. The summed E-state index contributed by atoms with van der Waals surface area (Å²) in [6, 6.07) is 9.40. The second-order valence-electron chi connectivity index (χ2n) is 9.30. The van der Waals surface area contributed by atoms with E-state index in [2.05, 4.69) is 22.1 Å². The molecule has 3 N–H and O–H groups in total. The zero-order chi connectivity index (χ0) is 27.8. The molecule has 0 aliphatic carbocycles. The molecule has 0 saturated carbocycles. The summed E-state index contributed by atoms with van der Waals surface area (Å²) in [5, 5.41) is 3.14. The van der Waals surface area contributed by atoms with Crippen molar-refractivity contribution in [2.75, 3.05) is 25.6 Å². The molecule has 1 aliphatic rings. The Bertz CT molecular complexity index is 1250. The van der Waals surface area contributed by atoms with Crippen LogP contribution >= 0.6 is 0 Å². The molecule has 38 heavy (non-hydrogen) atoms. The molecule has 0 bridgehead atoms. The fourth-order valence-corrected chi connectivity index (χ4v) is 4.11. The molecular formula is C30H39N5O3. The molecule has 2 aromatic rings. The Labute approximate surface area is 226 Å². The molecule has 1 aliphatic heterocycles. The molecular weight excluding hydrogens is 478 g/mol. The summed E-state index contributed by atoms with van der Waals surface area (Å²) in [5.41, 5.74) is 10.6. The van der Waals surface area contributed by atoms with E-state index in [0.717, 1.165) is 28.9 Å². The van der Waals surface area contributed by atoms with Crippen molar-refractivity contribution in [2.45, 2.75) is 46.8 Å². The number of allylic oxidation sites excluding steroid dienone is 1. The summed E-state index contributed by atoms with van der Waals surface area (Å²) < 4.78 is 11.8. The van der Waals surface area contributed by atoms with Crippen molar-refractivity contribution >= 4 is 23.4 Å². The SMILES string of the molecule is CCN1C=CN(c2ccc(C)c(C(=O)N[C@H](C)c3cc(OC)c(OC(C)C)c(/C(C=NC)=C/N)c3)c2)C=C1. The minimum absolute atomic E-state index is 0.0758. The summed E-state index contributed by atoms with van der Waals surface area (Å²) in [6.07, 6.45) is 11.1. The highest BCUT2D eigenvalue weighted by Crippen LogP contribution is 2.38. The average Bonchev–Trinajstić information content (AvgIpc) is 2.91. The number of benzene rings is 2. The Kier molecular flexibility index (Phi) is 9.60. The maximum Gasteiger partial charge on any atom is 0.252 e. The fraction of sp³-hybridized carbons (Fsp3) is 0.333. The third-order valence-electron chi connectivity index (χ3n) is 6.22. The van der Waals surface area contributed by atoms with Crippen LogP contribution in [0.15, 0.2) is 66.3 Å². The van der Waals surface area contributed by atoms with E-state index in [0.29, 0.717) is 22.6 Å². The number of nitrogens with two attached hydrogens (primary N) is 1. The molecule has 1 amide bonds. The Morgan fingerprint density at radius 2 is 1.82 bits per heavy atom. The van der Waals surface area contributed by atoms with E-state index in [9.17, 15) is 4.79 Å². The number of aryl methyl sites for hydroxylation is 1. The van der Waals surface area contributed by atoms with Crippen molar-refractivity contribution < 1.29 is 14.3 Å². The zero-order valence-electron chi connectivity index (χ0n) is 23.4. The first-order chi connectivity index (χ1) is 18.2. The number of aliphatic imine (C=N–C) groups is 1. The third-order valence-corrected chi connectivity index (χ3v) is 6.22. The van der Waals surface area contributed by atoms with Crippen LogP contribution in [0.3, 0.4) is 0 Å². The predicted molar refractivity (Wildman–Crippen MR) is 156 cm³/mol. The quantitative estimate of drug-likeness (QED) is 0.412. The van der Waals surface area contributed by atoms with Crippen LogP contribution in [-0.2, 0) is 0 Å². The predicted octanol–water partition coefficient (Wildman–Crippen LogP) is 5.37. The average molecular weight is 518 g/mol. The van der Waals surface area contributed by atoms with E-state index in [1.807, 2.05) is 87.7 Å². The van der Waals surface area contributed by atoms with Gasteiger partial charge in [0.15, 0.2) is 11.5 Å². The van der Waals surface area contributed by atoms with Crippen molar-refractivity contribution in [1.82, 2.24) is 10.2 Å². The molecule has 0 saturated heterocycles. The second-order valence-corrected chi connectivity index (χ2v) is 9.30. The van der Waals surface area contributed by atoms with Gasteiger partial charge in [-0.3, -0.25) is 9.79 Å². The standard InChI is InChI=1S/C30H39N5O3/c1-8-34-11-13-35(14-12-34)25-10-9-21(4)26(17-25)30(36)33-22(5)23-15-27(24(18-31)19-32-6)29(38-20(2)3)28(16-23)37-7/h9-20,22H,8,31H2,1-7H3,(H,33,36)/b24-18+,32-19?/t22-/m1/s1. The lowest BCUT2D eigenvalue weighted by Gasteiger charge is -2.25. The summed E-state index contributed by atoms with van der Waals surface area (Å²) in [7, 11) is 3.28.